The second-order valence-corrected chi connectivity index (χ2v) is 4.86. The topological polar surface area (TPSA) is 65.5 Å². The van der Waals surface area contributed by atoms with Crippen LogP contribution in [0.4, 0.5) is 5.69 Å². The van der Waals surface area contributed by atoms with Gasteiger partial charge < -0.3 is 16.0 Å². The van der Waals surface area contributed by atoms with Gasteiger partial charge in [0.1, 0.15) is 0 Å². The fraction of sp³-hybridized carbons (Fsp3) is 0.500. The second kappa shape index (κ2) is 9.80. The average Bonchev–Trinajstić information content (AvgIpc) is 2.44. The number of nitrogens with zero attached hydrogens (tertiary/aromatic N) is 1. The molecule has 0 saturated carbocycles. The molecule has 0 fully saturated rings. The monoisotopic (exact) mass is 290 g/mol. The summed E-state index contributed by atoms with van der Waals surface area (Å²) in [5.41, 5.74) is 1.87. The Labute approximate surface area is 127 Å². The van der Waals surface area contributed by atoms with Gasteiger partial charge in [-0.3, -0.25) is 4.79 Å². The lowest BCUT2D eigenvalue weighted by molar-refractivity contribution is -0.114. The Morgan fingerprint density at radius 2 is 2.05 bits per heavy atom. The predicted octanol–water partition coefficient (Wildman–Crippen LogP) is 2.50. The normalized spacial score (nSPS) is 11.1. The number of benzene rings is 1. The zero-order valence-electron chi connectivity index (χ0n) is 13.2. The molecule has 0 aromatic heterocycles. The molecule has 21 heavy (non-hydrogen) atoms. The van der Waals surface area contributed by atoms with Gasteiger partial charge in [0.15, 0.2) is 5.96 Å². The van der Waals surface area contributed by atoms with Crippen LogP contribution in [0.15, 0.2) is 29.3 Å². The number of hydrogen-bond acceptors (Lipinski definition) is 2. The first-order chi connectivity index (χ1) is 10.2. The number of rotatable bonds is 7. The van der Waals surface area contributed by atoms with Crippen molar-refractivity contribution in [1.82, 2.24) is 10.6 Å². The van der Waals surface area contributed by atoms with Crippen molar-refractivity contribution in [3.63, 3.8) is 0 Å². The highest BCUT2D eigenvalue weighted by molar-refractivity contribution is 5.88. The highest BCUT2D eigenvalue weighted by Gasteiger charge is 1.99. The fourth-order valence-corrected chi connectivity index (χ4v) is 1.85. The third kappa shape index (κ3) is 7.34. The molecule has 1 aromatic carbocycles. The van der Waals surface area contributed by atoms with Gasteiger partial charge in [-0.05, 0) is 31.0 Å². The van der Waals surface area contributed by atoms with Crippen LogP contribution in [0.3, 0.4) is 0 Å². The molecule has 0 spiro atoms. The summed E-state index contributed by atoms with van der Waals surface area (Å²) in [4.78, 5) is 15.6. The number of carbonyl (C=O) groups is 1. The van der Waals surface area contributed by atoms with E-state index in [-0.39, 0.29) is 5.91 Å². The maximum atomic E-state index is 11.1. The van der Waals surface area contributed by atoms with Gasteiger partial charge in [0.05, 0.1) is 6.54 Å². The highest BCUT2D eigenvalue weighted by atomic mass is 16.1. The minimum atomic E-state index is -0.0646. The van der Waals surface area contributed by atoms with E-state index in [2.05, 4.69) is 34.8 Å². The number of amides is 1. The summed E-state index contributed by atoms with van der Waals surface area (Å²) in [5.74, 6) is 0.765. The Balaban J connectivity index is 2.63. The summed E-state index contributed by atoms with van der Waals surface area (Å²) in [6, 6.07) is 7.75. The number of carbonyl (C=O) groups excluding carboxylic acids is 1. The van der Waals surface area contributed by atoms with Gasteiger partial charge in [0, 0.05) is 25.7 Å². The van der Waals surface area contributed by atoms with Crippen LogP contribution in [0.5, 0.6) is 0 Å². The Kier molecular flexibility index (Phi) is 7.94. The Morgan fingerprint density at radius 3 is 2.71 bits per heavy atom. The summed E-state index contributed by atoms with van der Waals surface area (Å²) in [6.45, 7) is 8.06. The van der Waals surface area contributed by atoms with Crippen molar-refractivity contribution in [1.29, 1.82) is 0 Å². The van der Waals surface area contributed by atoms with Crippen LogP contribution >= 0.6 is 0 Å². The lowest BCUT2D eigenvalue weighted by Crippen LogP contribution is -2.37. The minimum absolute atomic E-state index is 0.0646. The molecule has 0 saturated heterocycles. The largest absolute Gasteiger partial charge is 0.357 e. The molecule has 0 unspecified atom stereocenters. The van der Waals surface area contributed by atoms with Crippen LogP contribution in [0.25, 0.3) is 0 Å². The number of aliphatic imine (C=N–C) groups is 1. The Hall–Kier alpha value is -2.04. The lowest BCUT2D eigenvalue weighted by Gasteiger charge is -2.11. The third-order valence-corrected chi connectivity index (χ3v) is 2.83. The molecule has 0 atom stereocenters. The van der Waals surface area contributed by atoms with E-state index in [9.17, 15) is 4.79 Å². The quantitative estimate of drug-likeness (QED) is 0.411. The molecule has 0 radical (unpaired) electrons. The fourth-order valence-electron chi connectivity index (χ4n) is 1.85. The number of anilines is 1. The molecule has 1 amide bonds. The summed E-state index contributed by atoms with van der Waals surface area (Å²) in [6.07, 6.45) is 2.29. The minimum Gasteiger partial charge on any atom is -0.357 e. The van der Waals surface area contributed by atoms with Crippen LogP contribution in [-0.2, 0) is 11.3 Å². The Morgan fingerprint density at radius 1 is 1.24 bits per heavy atom. The van der Waals surface area contributed by atoms with Crippen LogP contribution in [0, 0.1) is 0 Å². The maximum absolute atomic E-state index is 11.1. The van der Waals surface area contributed by atoms with Crippen molar-refractivity contribution < 1.29 is 4.79 Å². The van der Waals surface area contributed by atoms with Gasteiger partial charge in [-0.1, -0.05) is 25.5 Å². The molecular weight excluding hydrogens is 264 g/mol. The van der Waals surface area contributed by atoms with Gasteiger partial charge in [-0.15, -0.1) is 0 Å². The number of hydrogen-bond donors (Lipinski definition) is 3. The number of guanidine groups is 1. The molecule has 0 aliphatic carbocycles. The van der Waals surface area contributed by atoms with E-state index in [4.69, 9.17) is 0 Å². The first-order valence-corrected chi connectivity index (χ1v) is 7.54. The molecule has 116 valence electrons. The zero-order valence-corrected chi connectivity index (χ0v) is 13.2. The van der Waals surface area contributed by atoms with E-state index >= 15 is 0 Å². The standard InChI is InChI=1S/C16H26N4O/c1-4-6-10-18-16(17-5-2)19-12-14-8-7-9-15(11-14)20-13(3)21/h7-9,11H,4-6,10,12H2,1-3H3,(H,20,21)(H2,17,18,19). The average molecular weight is 290 g/mol. The van der Waals surface area contributed by atoms with Crippen molar-refractivity contribution in [2.45, 2.75) is 40.2 Å². The highest BCUT2D eigenvalue weighted by Crippen LogP contribution is 2.11. The van der Waals surface area contributed by atoms with Crippen molar-refractivity contribution in [3.05, 3.63) is 29.8 Å². The van der Waals surface area contributed by atoms with Crippen LogP contribution in [-0.4, -0.2) is 25.0 Å². The third-order valence-electron chi connectivity index (χ3n) is 2.83. The van der Waals surface area contributed by atoms with E-state index in [0.717, 1.165) is 43.1 Å². The van der Waals surface area contributed by atoms with E-state index in [1.807, 2.05) is 24.3 Å². The summed E-state index contributed by atoms with van der Waals surface area (Å²) in [5, 5.41) is 9.32. The molecule has 5 nitrogen and oxygen atoms in total. The number of nitrogens with one attached hydrogen (secondary N) is 3. The Bertz CT molecular complexity index is 471. The van der Waals surface area contributed by atoms with Crippen molar-refractivity contribution in [2.75, 3.05) is 18.4 Å². The van der Waals surface area contributed by atoms with Gasteiger partial charge >= 0.3 is 0 Å². The molecule has 5 heteroatoms. The van der Waals surface area contributed by atoms with Crippen LogP contribution < -0.4 is 16.0 Å². The van der Waals surface area contributed by atoms with E-state index in [0.29, 0.717) is 6.54 Å². The molecular formula is C16H26N4O. The van der Waals surface area contributed by atoms with Crippen LogP contribution in [0.1, 0.15) is 39.2 Å². The van der Waals surface area contributed by atoms with E-state index in [1.54, 1.807) is 0 Å². The van der Waals surface area contributed by atoms with Crippen molar-refractivity contribution in [3.8, 4) is 0 Å². The maximum Gasteiger partial charge on any atom is 0.221 e. The molecule has 1 rings (SSSR count). The van der Waals surface area contributed by atoms with Crippen molar-refractivity contribution in [2.24, 2.45) is 4.99 Å². The number of unbranched alkanes of at least 4 members (excludes halogenated alkanes) is 1. The zero-order chi connectivity index (χ0) is 15.5. The van der Waals surface area contributed by atoms with E-state index < -0.39 is 0 Å². The van der Waals surface area contributed by atoms with Gasteiger partial charge in [-0.25, -0.2) is 4.99 Å². The lowest BCUT2D eigenvalue weighted by atomic mass is 10.2. The van der Waals surface area contributed by atoms with Crippen LogP contribution in [0.2, 0.25) is 0 Å². The second-order valence-electron chi connectivity index (χ2n) is 4.86. The van der Waals surface area contributed by atoms with E-state index in [1.165, 1.54) is 6.92 Å². The summed E-state index contributed by atoms with van der Waals surface area (Å²) < 4.78 is 0. The van der Waals surface area contributed by atoms with Gasteiger partial charge in [-0.2, -0.15) is 0 Å². The van der Waals surface area contributed by atoms with Gasteiger partial charge in [0.25, 0.3) is 0 Å². The molecule has 1 aromatic rings. The molecule has 0 heterocycles. The summed E-state index contributed by atoms with van der Waals surface area (Å²) in [7, 11) is 0. The smallest absolute Gasteiger partial charge is 0.221 e. The molecule has 0 bridgehead atoms. The molecule has 0 aliphatic heterocycles. The summed E-state index contributed by atoms with van der Waals surface area (Å²) >= 11 is 0. The molecule has 0 aliphatic rings. The first-order valence-electron chi connectivity index (χ1n) is 7.54. The predicted molar refractivity (Wildman–Crippen MR) is 88.5 cm³/mol. The first kappa shape index (κ1) is 17.0. The molecule has 3 N–H and O–H groups in total. The van der Waals surface area contributed by atoms with Gasteiger partial charge in [0.2, 0.25) is 5.91 Å². The SMILES string of the molecule is CCCCNC(=NCc1cccc(NC(C)=O)c1)NCC. The van der Waals surface area contributed by atoms with Crippen molar-refractivity contribution >= 4 is 17.6 Å².